The van der Waals surface area contributed by atoms with Gasteiger partial charge in [0.25, 0.3) is 0 Å². The van der Waals surface area contributed by atoms with Crippen LogP contribution < -0.4 is 5.32 Å². The minimum atomic E-state index is -0.786. The number of amides is 1. The largest absolute Gasteiger partial charge is 0.481 e. The molecule has 0 spiro atoms. The van der Waals surface area contributed by atoms with Crippen LogP contribution in [0.4, 0.5) is 0 Å². The summed E-state index contributed by atoms with van der Waals surface area (Å²) in [5.41, 5.74) is 1.04. The van der Waals surface area contributed by atoms with Gasteiger partial charge in [0.2, 0.25) is 5.91 Å². The summed E-state index contributed by atoms with van der Waals surface area (Å²) in [6.45, 7) is 4.51. The lowest BCUT2D eigenvalue weighted by Crippen LogP contribution is -2.29. The average molecular weight is 296 g/mol. The Bertz CT molecular complexity index is 513. The molecule has 1 fully saturated rings. The molecular weight excluding hydrogens is 276 g/mol. The third-order valence-electron chi connectivity index (χ3n) is 3.80. The summed E-state index contributed by atoms with van der Waals surface area (Å²) in [5.74, 6) is -1.33. The number of aryl methyl sites for hydroxylation is 2. The van der Waals surface area contributed by atoms with Crippen LogP contribution in [0.1, 0.15) is 41.8 Å². The first-order chi connectivity index (χ1) is 9.51. The summed E-state index contributed by atoms with van der Waals surface area (Å²) in [6, 6.07) is 0. The minimum absolute atomic E-state index is 0.0261. The zero-order chi connectivity index (χ0) is 14.7. The molecule has 2 rings (SSSR count). The van der Waals surface area contributed by atoms with Crippen molar-refractivity contribution in [1.29, 1.82) is 0 Å². The Morgan fingerprint density at radius 1 is 1.40 bits per heavy atom. The van der Waals surface area contributed by atoms with Crippen molar-refractivity contribution in [2.24, 2.45) is 11.8 Å². The lowest BCUT2D eigenvalue weighted by atomic mass is 10.0. The standard InChI is InChI=1S/C14H20N2O3S/c1-3-11-12(20-8(2)16-11)7-15-13(17)9-4-5-10(6-9)14(18)19/h9-10H,3-7H2,1-2H3,(H,15,17)(H,18,19)/t9-,10+/m0/s1. The van der Waals surface area contributed by atoms with Crippen LogP contribution >= 0.6 is 11.3 Å². The number of rotatable bonds is 5. The highest BCUT2D eigenvalue weighted by Crippen LogP contribution is 2.31. The topological polar surface area (TPSA) is 79.3 Å². The van der Waals surface area contributed by atoms with Crippen molar-refractivity contribution in [3.8, 4) is 0 Å². The Morgan fingerprint density at radius 2 is 2.10 bits per heavy atom. The molecular formula is C14H20N2O3S. The number of carboxylic acids is 1. The number of carbonyl (C=O) groups is 2. The van der Waals surface area contributed by atoms with Crippen molar-refractivity contribution in [3.05, 3.63) is 15.6 Å². The summed E-state index contributed by atoms with van der Waals surface area (Å²) < 4.78 is 0. The molecule has 1 aliphatic rings. The molecule has 1 saturated carbocycles. The molecule has 110 valence electrons. The molecule has 5 nitrogen and oxygen atoms in total. The molecule has 2 N–H and O–H groups in total. The molecule has 0 unspecified atom stereocenters. The quantitative estimate of drug-likeness (QED) is 0.872. The number of aromatic nitrogens is 1. The Hall–Kier alpha value is -1.43. The van der Waals surface area contributed by atoms with Gasteiger partial charge in [0.15, 0.2) is 0 Å². The first-order valence-corrected chi connectivity index (χ1v) is 7.78. The van der Waals surface area contributed by atoms with Crippen LogP contribution in [-0.4, -0.2) is 22.0 Å². The van der Waals surface area contributed by atoms with Crippen molar-refractivity contribution >= 4 is 23.2 Å². The zero-order valence-electron chi connectivity index (χ0n) is 11.8. The Balaban J connectivity index is 1.88. The second-order valence-corrected chi connectivity index (χ2v) is 6.51. The highest BCUT2D eigenvalue weighted by Gasteiger charge is 2.33. The van der Waals surface area contributed by atoms with Crippen molar-refractivity contribution in [3.63, 3.8) is 0 Å². The molecule has 2 atom stereocenters. The molecule has 1 amide bonds. The Morgan fingerprint density at radius 3 is 2.70 bits per heavy atom. The van der Waals surface area contributed by atoms with Crippen molar-refractivity contribution in [2.75, 3.05) is 0 Å². The highest BCUT2D eigenvalue weighted by atomic mass is 32.1. The fourth-order valence-electron chi connectivity index (χ4n) is 2.68. The van der Waals surface area contributed by atoms with Crippen LogP contribution in [0.25, 0.3) is 0 Å². The fraction of sp³-hybridized carbons (Fsp3) is 0.643. The summed E-state index contributed by atoms with van der Waals surface area (Å²) in [5, 5.41) is 12.9. The van der Waals surface area contributed by atoms with Gasteiger partial charge in [-0.05, 0) is 32.6 Å². The predicted molar refractivity (Wildman–Crippen MR) is 76.5 cm³/mol. The van der Waals surface area contributed by atoms with Gasteiger partial charge in [-0.1, -0.05) is 6.92 Å². The summed E-state index contributed by atoms with van der Waals surface area (Å²) in [4.78, 5) is 28.5. The van der Waals surface area contributed by atoms with Crippen molar-refractivity contribution in [1.82, 2.24) is 10.3 Å². The van der Waals surface area contributed by atoms with Gasteiger partial charge in [-0.3, -0.25) is 9.59 Å². The third-order valence-corrected chi connectivity index (χ3v) is 4.81. The fourth-order valence-corrected chi connectivity index (χ4v) is 3.65. The van der Waals surface area contributed by atoms with E-state index < -0.39 is 5.97 Å². The van der Waals surface area contributed by atoms with E-state index in [9.17, 15) is 9.59 Å². The van der Waals surface area contributed by atoms with Gasteiger partial charge in [0, 0.05) is 10.8 Å². The molecule has 6 heteroatoms. The van der Waals surface area contributed by atoms with Gasteiger partial charge in [-0.2, -0.15) is 0 Å². The summed E-state index contributed by atoms with van der Waals surface area (Å²) in [6.07, 6.45) is 2.60. The van der Waals surface area contributed by atoms with Crippen LogP contribution in [0, 0.1) is 18.8 Å². The maximum absolute atomic E-state index is 12.1. The van der Waals surface area contributed by atoms with Gasteiger partial charge >= 0.3 is 5.97 Å². The molecule has 0 radical (unpaired) electrons. The van der Waals surface area contributed by atoms with E-state index in [4.69, 9.17) is 5.11 Å². The first-order valence-electron chi connectivity index (χ1n) is 6.97. The van der Waals surface area contributed by atoms with E-state index in [-0.39, 0.29) is 17.7 Å². The van der Waals surface area contributed by atoms with Crippen LogP contribution in [0.3, 0.4) is 0 Å². The van der Waals surface area contributed by atoms with Gasteiger partial charge in [-0.25, -0.2) is 4.98 Å². The number of hydrogen-bond donors (Lipinski definition) is 2. The zero-order valence-corrected chi connectivity index (χ0v) is 12.6. The molecule has 1 aromatic heterocycles. The highest BCUT2D eigenvalue weighted by molar-refractivity contribution is 7.11. The average Bonchev–Trinajstić information content (AvgIpc) is 3.02. The molecule has 1 aliphatic carbocycles. The van der Waals surface area contributed by atoms with E-state index in [1.165, 1.54) is 0 Å². The molecule has 0 aromatic carbocycles. The number of carbonyl (C=O) groups excluding carboxylic acids is 1. The van der Waals surface area contributed by atoms with Crippen molar-refractivity contribution < 1.29 is 14.7 Å². The smallest absolute Gasteiger partial charge is 0.306 e. The van der Waals surface area contributed by atoms with E-state index in [0.29, 0.717) is 25.8 Å². The third kappa shape index (κ3) is 3.36. The Labute approximate surface area is 122 Å². The van der Waals surface area contributed by atoms with E-state index >= 15 is 0 Å². The maximum atomic E-state index is 12.1. The lowest BCUT2D eigenvalue weighted by Gasteiger charge is -2.10. The number of nitrogens with zero attached hydrogens (tertiary/aromatic N) is 1. The number of carboxylic acid groups (broad SMARTS) is 1. The predicted octanol–water partition coefficient (Wildman–Crippen LogP) is 2.13. The summed E-state index contributed by atoms with van der Waals surface area (Å²) in [7, 11) is 0. The van der Waals surface area contributed by atoms with Crippen LogP contribution in [-0.2, 0) is 22.6 Å². The molecule has 20 heavy (non-hydrogen) atoms. The first kappa shape index (κ1) is 15.0. The number of hydrogen-bond acceptors (Lipinski definition) is 4. The van der Waals surface area contributed by atoms with E-state index in [1.54, 1.807) is 11.3 Å². The van der Waals surface area contributed by atoms with Crippen LogP contribution in [0.2, 0.25) is 0 Å². The molecule has 1 heterocycles. The van der Waals surface area contributed by atoms with Gasteiger partial charge < -0.3 is 10.4 Å². The summed E-state index contributed by atoms with van der Waals surface area (Å²) >= 11 is 1.61. The minimum Gasteiger partial charge on any atom is -0.481 e. The normalized spacial score (nSPS) is 21.9. The van der Waals surface area contributed by atoms with Crippen LogP contribution in [0.5, 0.6) is 0 Å². The maximum Gasteiger partial charge on any atom is 0.306 e. The molecule has 0 aliphatic heterocycles. The molecule has 0 saturated heterocycles. The monoisotopic (exact) mass is 296 g/mol. The number of nitrogens with one attached hydrogen (secondary N) is 1. The lowest BCUT2D eigenvalue weighted by molar-refractivity contribution is -0.141. The van der Waals surface area contributed by atoms with Crippen molar-refractivity contribution in [2.45, 2.75) is 46.1 Å². The second kappa shape index (κ2) is 6.35. The number of aliphatic carboxylic acids is 1. The van der Waals surface area contributed by atoms with E-state index in [0.717, 1.165) is 22.0 Å². The van der Waals surface area contributed by atoms with E-state index in [1.807, 2.05) is 13.8 Å². The van der Waals surface area contributed by atoms with E-state index in [2.05, 4.69) is 10.3 Å². The SMILES string of the molecule is CCc1nc(C)sc1CNC(=O)[C@H]1CC[C@@H](C(=O)O)C1. The molecule has 1 aromatic rings. The molecule has 0 bridgehead atoms. The number of thiazole rings is 1. The Kier molecular flexibility index (Phi) is 4.75. The van der Waals surface area contributed by atoms with Gasteiger partial charge in [0.1, 0.15) is 0 Å². The second-order valence-electron chi connectivity index (χ2n) is 5.22. The van der Waals surface area contributed by atoms with Gasteiger partial charge in [-0.15, -0.1) is 11.3 Å². The van der Waals surface area contributed by atoms with Crippen LogP contribution in [0.15, 0.2) is 0 Å². The van der Waals surface area contributed by atoms with Gasteiger partial charge in [0.05, 0.1) is 23.2 Å².